The monoisotopic (exact) mass is 290 g/mol. The van der Waals surface area contributed by atoms with Gasteiger partial charge in [0.1, 0.15) is 5.75 Å². The van der Waals surface area contributed by atoms with Crippen molar-refractivity contribution in [1.82, 2.24) is 10.2 Å². The second-order valence-electron chi connectivity index (χ2n) is 6.95. The zero-order valence-corrected chi connectivity index (χ0v) is 14.0. The number of hydrogen-bond acceptors (Lipinski definition) is 3. The van der Waals surface area contributed by atoms with Crippen LogP contribution in [-0.2, 0) is 6.42 Å². The molecule has 21 heavy (non-hydrogen) atoms. The van der Waals surface area contributed by atoms with Gasteiger partial charge in [0.2, 0.25) is 0 Å². The van der Waals surface area contributed by atoms with Crippen LogP contribution in [0.4, 0.5) is 0 Å². The predicted molar refractivity (Wildman–Crippen MR) is 89.0 cm³/mol. The second-order valence-corrected chi connectivity index (χ2v) is 6.95. The molecule has 0 aliphatic carbocycles. The Morgan fingerprint density at radius 1 is 1.24 bits per heavy atom. The minimum Gasteiger partial charge on any atom is -0.497 e. The molecule has 1 saturated heterocycles. The Bertz CT molecular complexity index is 421. The smallest absolute Gasteiger partial charge is 0.118 e. The van der Waals surface area contributed by atoms with Crippen LogP contribution < -0.4 is 10.1 Å². The van der Waals surface area contributed by atoms with Crippen molar-refractivity contribution < 1.29 is 4.74 Å². The molecule has 3 heteroatoms. The van der Waals surface area contributed by atoms with Crippen molar-refractivity contribution in [2.75, 3.05) is 33.8 Å². The van der Waals surface area contributed by atoms with E-state index in [0.717, 1.165) is 18.7 Å². The number of methoxy groups -OCH3 is 1. The van der Waals surface area contributed by atoms with Gasteiger partial charge >= 0.3 is 0 Å². The maximum absolute atomic E-state index is 5.20. The number of benzene rings is 1. The Kier molecular flexibility index (Phi) is 5.65. The fraction of sp³-hybridized carbons (Fsp3) is 0.667. The lowest BCUT2D eigenvalue weighted by Crippen LogP contribution is -2.44. The van der Waals surface area contributed by atoms with Gasteiger partial charge in [-0.25, -0.2) is 0 Å². The zero-order chi connectivity index (χ0) is 15.3. The van der Waals surface area contributed by atoms with E-state index in [2.05, 4.69) is 43.2 Å². The summed E-state index contributed by atoms with van der Waals surface area (Å²) in [4.78, 5) is 2.43. The Hall–Kier alpha value is -1.06. The van der Waals surface area contributed by atoms with E-state index in [4.69, 9.17) is 4.74 Å². The first-order chi connectivity index (χ1) is 10.0. The Labute approximate surface area is 129 Å². The lowest BCUT2D eigenvalue weighted by atomic mass is 9.80. The standard InChI is InChI=1S/C18H30N2O/c1-15(13-16-5-7-17(21-4)8-6-16)19-14-18(2)9-11-20(3)12-10-18/h5-8,15,19H,9-14H2,1-4H3. The highest BCUT2D eigenvalue weighted by Crippen LogP contribution is 2.29. The maximum Gasteiger partial charge on any atom is 0.118 e. The molecule has 0 bridgehead atoms. The molecule has 0 spiro atoms. The largest absolute Gasteiger partial charge is 0.497 e. The molecule has 118 valence electrons. The highest BCUT2D eigenvalue weighted by molar-refractivity contribution is 5.27. The fourth-order valence-corrected chi connectivity index (χ4v) is 2.94. The number of nitrogens with zero attached hydrogens (tertiary/aromatic N) is 1. The Morgan fingerprint density at radius 2 is 1.86 bits per heavy atom. The van der Waals surface area contributed by atoms with E-state index >= 15 is 0 Å². The summed E-state index contributed by atoms with van der Waals surface area (Å²) in [7, 11) is 3.93. The van der Waals surface area contributed by atoms with Gasteiger partial charge in [0.05, 0.1) is 7.11 Å². The number of likely N-dealkylation sites (tertiary alicyclic amines) is 1. The summed E-state index contributed by atoms with van der Waals surface area (Å²) in [5.41, 5.74) is 1.82. The van der Waals surface area contributed by atoms with Crippen molar-refractivity contribution in [3.05, 3.63) is 29.8 Å². The van der Waals surface area contributed by atoms with Gasteiger partial charge in [-0.15, -0.1) is 0 Å². The molecule has 1 unspecified atom stereocenters. The van der Waals surface area contributed by atoms with Crippen molar-refractivity contribution in [3.63, 3.8) is 0 Å². The van der Waals surface area contributed by atoms with Crippen LogP contribution in [0.2, 0.25) is 0 Å². The lowest BCUT2D eigenvalue weighted by Gasteiger charge is -2.38. The molecular weight excluding hydrogens is 260 g/mol. The van der Waals surface area contributed by atoms with E-state index < -0.39 is 0 Å². The molecule has 1 heterocycles. The van der Waals surface area contributed by atoms with E-state index in [1.165, 1.54) is 31.5 Å². The lowest BCUT2D eigenvalue weighted by molar-refractivity contribution is 0.134. The van der Waals surface area contributed by atoms with Gasteiger partial charge in [-0.3, -0.25) is 0 Å². The van der Waals surface area contributed by atoms with Crippen LogP contribution in [0.1, 0.15) is 32.3 Å². The van der Waals surface area contributed by atoms with Crippen molar-refractivity contribution in [3.8, 4) is 5.75 Å². The summed E-state index contributed by atoms with van der Waals surface area (Å²) in [6.07, 6.45) is 3.66. The summed E-state index contributed by atoms with van der Waals surface area (Å²) in [6, 6.07) is 8.92. The first kappa shape index (κ1) is 16.3. The third-order valence-electron chi connectivity index (χ3n) is 4.77. The van der Waals surface area contributed by atoms with E-state index in [-0.39, 0.29) is 0 Å². The third kappa shape index (κ3) is 5.01. The van der Waals surface area contributed by atoms with E-state index in [0.29, 0.717) is 11.5 Å². The second kappa shape index (κ2) is 7.28. The van der Waals surface area contributed by atoms with Gasteiger partial charge in [0.15, 0.2) is 0 Å². The number of piperidine rings is 1. The Balaban J connectivity index is 1.77. The molecular formula is C18H30N2O. The third-order valence-corrected chi connectivity index (χ3v) is 4.77. The molecule has 3 nitrogen and oxygen atoms in total. The van der Waals surface area contributed by atoms with Crippen molar-refractivity contribution in [2.24, 2.45) is 5.41 Å². The summed E-state index contributed by atoms with van der Waals surface area (Å²) >= 11 is 0. The van der Waals surface area contributed by atoms with Crippen molar-refractivity contribution in [1.29, 1.82) is 0 Å². The van der Waals surface area contributed by atoms with Gasteiger partial charge in [-0.05, 0) is 69.4 Å². The first-order valence-electron chi connectivity index (χ1n) is 8.06. The SMILES string of the molecule is COc1ccc(CC(C)NCC2(C)CCN(C)CC2)cc1. The highest BCUT2D eigenvalue weighted by atomic mass is 16.5. The average molecular weight is 290 g/mol. The Morgan fingerprint density at radius 3 is 2.43 bits per heavy atom. The topological polar surface area (TPSA) is 24.5 Å². The van der Waals surface area contributed by atoms with Crippen molar-refractivity contribution >= 4 is 0 Å². The molecule has 1 aromatic carbocycles. The minimum absolute atomic E-state index is 0.459. The van der Waals surface area contributed by atoms with Crippen LogP contribution in [0.3, 0.4) is 0 Å². The van der Waals surface area contributed by atoms with Crippen molar-refractivity contribution in [2.45, 2.75) is 39.2 Å². The number of ether oxygens (including phenoxy) is 1. The fourth-order valence-electron chi connectivity index (χ4n) is 2.94. The molecule has 1 N–H and O–H groups in total. The van der Waals surface area contributed by atoms with Gasteiger partial charge in [-0.1, -0.05) is 19.1 Å². The molecule has 1 fully saturated rings. The van der Waals surface area contributed by atoms with Crippen LogP contribution in [0, 0.1) is 5.41 Å². The quantitative estimate of drug-likeness (QED) is 0.872. The van der Waals surface area contributed by atoms with E-state index in [1.54, 1.807) is 7.11 Å². The molecule has 0 radical (unpaired) electrons. The molecule has 2 rings (SSSR count). The summed E-state index contributed by atoms with van der Waals surface area (Å²) < 4.78 is 5.20. The number of rotatable bonds is 6. The summed E-state index contributed by atoms with van der Waals surface area (Å²) in [6.45, 7) is 8.28. The molecule has 0 amide bonds. The molecule has 1 aromatic rings. The number of hydrogen-bond donors (Lipinski definition) is 1. The summed E-state index contributed by atoms with van der Waals surface area (Å²) in [5, 5.41) is 3.73. The molecule has 1 aliphatic heterocycles. The first-order valence-corrected chi connectivity index (χ1v) is 8.06. The molecule has 1 atom stereocenters. The van der Waals surface area contributed by atoms with Gasteiger partial charge in [0.25, 0.3) is 0 Å². The molecule has 0 saturated carbocycles. The highest BCUT2D eigenvalue weighted by Gasteiger charge is 2.28. The van der Waals surface area contributed by atoms with Gasteiger partial charge in [0, 0.05) is 12.6 Å². The molecule has 1 aliphatic rings. The predicted octanol–water partition coefficient (Wildman–Crippen LogP) is 2.95. The summed E-state index contributed by atoms with van der Waals surface area (Å²) in [5.74, 6) is 0.929. The maximum atomic E-state index is 5.20. The van der Waals surface area contributed by atoms with Gasteiger partial charge < -0.3 is 15.0 Å². The van der Waals surface area contributed by atoms with Crippen LogP contribution in [0.15, 0.2) is 24.3 Å². The zero-order valence-electron chi connectivity index (χ0n) is 14.0. The minimum atomic E-state index is 0.459. The van der Waals surface area contributed by atoms with Crippen LogP contribution >= 0.6 is 0 Å². The number of nitrogens with one attached hydrogen (secondary N) is 1. The molecule has 0 aromatic heterocycles. The average Bonchev–Trinajstić information content (AvgIpc) is 2.50. The van der Waals surface area contributed by atoms with Gasteiger partial charge in [-0.2, -0.15) is 0 Å². The van der Waals surface area contributed by atoms with E-state index in [9.17, 15) is 0 Å². The van der Waals surface area contributed by atoms with Crippen LogP contribution in [0.25, 0.3) is 0 Å². The van der Waals surface area contributed by atoms with Crippen LogP contribution in [-0.4, -0.2) is 44.7 Å². The van der Waals surface area contributed by atoms with Crippen LogP contribution in [0.5, 0.6) is 5.75 Å². The van der Waals surface area contributed by atoms with E-state index in [1.807, 2.05) is 12.1 Å². The normalized spacial score (nSPS) is 20.2.